The van der Waals surface area contributed by atoms with E-state index in [4.69, 9.17) is 23.7 Å². The minimum Gasteiger partial charge on any atom is -0.481 e. The minimum absolute atomic E-state index is 0.0961. The number of amides is 1. The van der Waals surface area contributed by atoms with Crippen LogP contribution in [-0.2, 0) is 51.2 Å². The molecule has 18 heteroatoms. The zero-order chi connectivity index (χ0) is 40.2. The number of rotatable bonds is 20. The summed E-state index contributed by atoms with van der Waals surface area (Å²) in [6.07, 6.45) is -5.93. The van der Waals surface area contributed by atoms with Crippen LogP contribution in [0.15, 0.2) is 48.5 Å². The molecule has 0 saturated carbocycles. The number of nitrogens with zero attached hydrogens (tertiary/aromatic N) is 3. The summed E-state index contributed by atoms with van der Waals surface area (Å²) in [7, 11) is 4.67. The second-order valence-corrected chi connectivity index (χ2v) is 13.7. The molecule has 0 bridgehead atoms. The van der Waals surface area contributed by atoms with Gasteiger partial charge in [0.1, 0.15) is 13.3 Å². The van der Waals surface area contributed by atoms with Crippen LogP contribution in [0.5, 0.6) is 5.75 Å². The number of carboxylic acids is 3. The Morgan fingerprint density at radius 1 is 0.870 bits per heavy atom. The SMILES string of the molecule is COC(=O)[C@H]1O[C@@H](Oc2ccc(COC(=O)N(CCN(C)C)COC(C)(C)Cc3ccccc3)cc2[N+](=O)[O-])[C@H](CC(=O)O)[C@@H](CC(=O)O)[C@@H]1CC(=O)O. The quantitative estimate of drug-likeness (QED) is 0.0755. The number of carbonyl (C=O) groups excluding carboxylic acids is 2. The number of likely N-dealkylation sites (N-methyl/N-ethyl adjacent to an activating group) is 1. The predicted octanol–water partition coefficient (Wildman–Crippen LogP) is 3.64. The van der Waals surface area contributed by atoms with E-state index in [2.05, 4.69) is 0 Å². The van der Waals surface area contributed by atoms with Gasteiger partial charge in [-0.15, -0.1) is 0 Å². The number of ether oxygens (including phenoxy) is 5. The van der Waals surface area contributed by atoms with Gasteiger partial charge >= 0.3 is 35.7 Å². The van der Waals surface area contributed by atoms with Gasteiger partial charge in [-0.3, -0.25) is 29.4 Å². The average Bonchev–Trinajstić information content (AvgIpc) is 3.09. The molecule has 0 spiro atoms. The van der Waals surface area contributed by atoms with Crippen LogP contribution < -0.4 is 4.74 Å². The van der Waals surface area contributed by atoms with E-state index in [0.29, 0.717) is 13.0 Å². The Bertz CT molecular complexity index is 1630. The van der Waals surface area contributed by atoms with Crippen molar-refractivity contribution in [3.8, 4) is 5.75 Å². The average molecular weight is 762 g/mol. The zero-order valence-electron chi connectivity index (χ0n) is 30.7. The summed E-state index contributed by atoms with van der Waals surface area (Å²) in [6.45, 7) is 4.05. The largest absolute Gasteiger partial charge is 0.481 e. The van der Waals surface area contributed by atoms with Crippen molar-refractivity contribution in [2.24, 2.45) is 17.8 Å². The maximum atomic E-state index is 13.3. The number of methoxy groups -OCH3 is 1. The Morgan fingerprint density at radius 3 is 2.06 bits per heavy atom. The smallest absolute Gasteiger partial charge is 0.411 e. The third-order valence-corrected chi connectivity index (χ3v) is 8.77. The molecule has 1 fully saturated rings. The number of nitro benzene ring substituents is 1. The van der Waals surface area contributed by atoms with Gasteiger partial charge in [0.15, 0.2) is 11.9 Å². The van der Waals surface area contributed by atoms with Crippen molar-refractivity contribution in [2.45, 2.75) is 64.1 Å². The lowest BCUT2D eigenvalue weighted by atomic mass is 9.71. The third kappa shape index (κ3) is 13.0. The highest BCUT2D eigenvalue weighted by atomic mass is 16.7. The summed E-state index contributed by atoms with van der Waals surface area (Å²) in [6, 6.07) is 13.3. The second-order valence-electron chi connectivity index (χ2n) is 13.7. The van der Waals surface area contributed by atoms with Crippen molar-refractivity contribution in [1.29, 1.82) is 0 Å². The Labute approximate surface area is 311 Å². The first-order chi connectivity index (χ1) is 25.4. The summed E-state index contributed by atoms with van der Waals surface area (Å²) >= 11 is 0. The number of carbonyl (C=O) groups is 5. The van der Waals surface area contributed by atoms with E-state index >= 15 is 0 Å². The monoisotopic (exact) mass is 761 g/mol. The highest BCUT2D eigenvalue weighted by Gasteiger charge is 2.52. The van der Waals surface area contributed by atoms with E-state index in [-0.39, 0.29) is 18.8 Å². The number of hydrogen-bond acceptors (Lipinski definition) is 13. The van der Waals surface area contributed by atoms with Gasteiger partial charge in [-0.1, -0.05) is 36.4 Å². The first-order valence-electron chi connectivity index (χ1n) is 17.0. The van der Waals surface area contributed by atoms with Crippen molar-refractivity contribution < 1.29 is 67.9 Å². The summed E-state index contributed by atoms with van der Waals surface area (Å²) in [5, 5.41) is 41.1. The van der Waals surface area contributed by atoms with Crippen molar-refractivity contribution in [2.75, 3.05) is 41.0 Å². The third-order valence-electron chi connectivity index (χ3n) is 8.77. The van der Waals surface area contributed by atoms with Crippen molar-refractivity contribution >= 4 is 35.7 Å². The van der Waals surface area contributed by atoms with E-state index in [1.807, 2.05) is 63.2 Å². The van der Waals surface area contributed by atoms with E-state index in [0.717, 1.165) is 24.8 Å². The van der Waals surface area contributed by atoms with Crippen LogP contribution in [0.2, 0.25) is 0 Å². The fourth-order valence-electron chi connectivity index (χ4n) is 6.14. The number of nitro groups is 1. The zero-order valence-corrected chi connectivity index (χ0v) is 30.7. The van der Waals surface area contributed by atoms with Crippen LogP contribution >= 0.6 is 0 Å². The number of esters is 1. The van der Waals surface area contributed by atoms with Gasteiger partial charge < -0.3 is 43.9 Å². The van der Waals surface area contributed by atoms with Gasteiger partial charge in [0, 0.05) is 43.8 Å². The van der Waals surface area contributed by atoms with Crippen molar-refractivity contribution in [1.82, 2.24) is 9.80 Å². The maximum Gasteiger partial charge on any atom is 0.411 e. The lowest BCUT2D eigenvalue weighted by molar-refractivity contribution is -0.386. The molecule has 1 heterocycles. The van der Waals surface area contributed by atoms with Crippen molar-refractivity contribution in [3.05, 3.63) is 69.8 Å². The second kappa shape index (κ2) is 19.7. The van der Waals surface area contributed by atoms with Gasteiger partial charge in [-0.05, 0) is 51.1 Å². The summed E-state index contributed by atoms with van der Waals surface area (Å²) in [4.78, 5) is 76.1. The van der Waals surface area contributed by atoms with Gasteiger partial charge in [0.25, 0.3) is 0 Å². The molecule has 54 heavy (non-hydrogen) atoms. The van der Waals surface area contributed by atoms with Gasteiger partial charge in [-0.2, -0.15) is 0 Å². The standard InChI is InChI=1S/C36H47N3O15/c1-36(2,19-22-9-7-6-8-10-22)52-21-38(14-13-37(3)4)35(47)51-20-23-11-12-28(27(15-23)39(48)49)53-34-26(18-31(44)45)24(16-29(40)41)25(17-30(42)43)32(54-34)33(46)50-5/h6-12,15,24-26,32,34H,13-14,16-21H2,1-5H3,(H,40,41)(H,42,43)(H,44,45)/t24-,25-,26+,32-,34+/m0/s1. The van der Waals surface area contributed by atoms with E-state index in [9.17, 15) is 49.4 Å². The normalized spacial score (nSPS) is 19.8. The molecule has 1 saturated heterocycles. The number of aliphatic carboxylic acids is 3. The Kier molecular flexibility index (Phi) is 15.7. The first kappa shape index (κ1) is 43.1. The fourth-order valence-corrected chi connectivity index (χ4v) is 6.14. The van der Waals surface area contributed by atoms with Crippen LogP contribution in [0.25, 0.3) is 0 Å². The van der Waals surface area contributed by atoms with Crippen LogP contribution in [-0.4, -0.2) is 119 Å². The Balaban J connectivity index is 1.84. The molecule has 2 aromatic carbocycles. The topological polar surface area (TPSA) is 242 Å². The summed E-state index contributed by atoms with van der Waals surface area (Å²) < 4.78 is 28.0. The molecule has 1 aliphatic rings. The van der Waals surface area contributed by atoms with E-state index in [1.165, 1.54) is 11.0 Å². The molecule has 3 N–H and O–H groups in total. The van der Waals surface area contributed by atoms with Crippen molar-refractivity contribution in [3.63, 3.8) is 0 Å². The molecule has 3 rings (SSSR count). The van der Waals surface area contributed by atoms with Crippen LogP contribution in [0.4, 0.5) is 10.5 Å². The van der Waals surface area contributed by atoms with Crippen LogP contribution in [0.3, 0.4) is 0 Å². The molecule has 2 aromatic rings. The minimum atomic E-state index is -1.75. The van der Waals surface area contributed by atoms with Gasteiger partial charge in [0.2, 0.25) is 6.29 Å². The Morgan fingerprint density at radius 2 is 1.48 bits per heavy atom. The maximum absolute atomic E-state index is 13.3. The molecule has 0 aliphatic carbocycles. The molecular weight excluding hydrogens is 714 g/mol. The molecule has 18 nitrogen and oxygen atoms in total. The van der Waals surface area contributed by atoms with Gasteiger partial charge in [0.05, 0.1) is 30.5 Å². The molecule has 5 atom stereocenters. The van der Waals surface area contributed by atoms with E-state index < -0.39 is 108 Å². The molecule has 0 aromatic heterocycles. The Hall–Kier alpha value is -5.33. The predicted molar refractivity (Wildman–Crippen MR) is 187 cm³/mol. The van der Waals surface area contributed by atoms with Crippen LogP contribution in [0, 0.1) is 27.9 Å². The first-order valence-corrected chi connectivity index (χ1v) is 17.0. The molecule has 0 unspecified atom stereocenters. The number of carboxylic acid groups (broad SMARTS) is 3. The summed E-state index contributed by atoms with van der Waals surface area (Å²) in [5.41, 5.74) is -0.0442. The highest BCUT2D eigenvalue weighted by Crippen LogP contribution is 2.43. The summed E-state index contributed by atoms with van der Waals surface area (Å²) in [5.74, 6) is -9.75. The molecule has 296 valence electrons. The highest BCUT2D eigenvalue weighted by molar-refractivity contribution is 5.77. The number of benzene rings is 2. The van der Waals surface area contributed by atoms with Gasteiger partial charge in [-0.25, -0.2) is 9.59 Å². The van der Waals surface area contributed by atoms with Crippen LogP contribution in [0.1, 0.15) is 44.2 Å². The molecule has 1 aliphatic heterocycles. The fraction of sp³-hybridized carbons (Fsp3) is 0.528. The lowest BCUT2D eigenvalue weighted by Crippen LogP contribution is -2.54. The van der Waals surface area contributed by atoms with E-state index in [1.54, 1.807) is 0 Å². The molecular formula is C36H47N3O15. The molecule has 0 radical (unpaired) electrons. The molecule has 1 amide bonds. The number of hydrogen-bond donors (Lipinski definition) is 3. The lowest BCUT2D eigenvalue weighted by Gasteiger charge is -2.44.